The fourth-order valence-electron chi connectivity index (χ4n) is 3.28. The van der Waals surface area contributed by atoms with Crippen molar-refractivity contribution in [1.29, 1.82) is 0 Å². The molecular weight excluding hydrogens is 596 g/mol. The molecule has 3 aromatic carbocycles. The van der Waals surface area contributed by atoms with Crippen LogP contribution in [0.3, 0.4) is 0 Å². The SMILES string of the molecule is O=C(Cc1csc(Nc2cccc(C(F)(F)F)c2)n1)N/N=C\c1cc(Cl)c(OCc2ccccc2Cl)c(Cl)c1. The summed E-state index contributed by atoms with van der Waals surface area (Å²) >= 11 is 19.9. The molecule has 4 rings (SSSR count). The van der Waals surface area contributed by atoms with Gasteiger partial charge < -0.3 is 10.1 Å². The molecule has 0 aliphatic carbocycles. The number of hydrazone groups is 1. The fourth-order valence-corrected chi connectivity index (χ4v) is 4.82. The van der Waals surface area contributed by atoms with Gasteiger partial charge in [-0.25, -0.2) is 10.4 Å². The first-order chi connectivity index (χ1) is 18.6. The Morgan fingerprint density at radius 1 is 1.03 bits per heavy atom. The van der Waals surface area contributed by atoms with E-state index in [1.54, 1.807) is 23.6 Å². The van der Waals surface area contributed by atoms with Gasteiger partial charge in [-0.1, -0.05) is 59.1 Å². The van der Waals surface area contributed by atoms with Crippen molar-refractivity contribution in [3.05, 3.63) is 103 Å². The Morgan fingerprint density at radius 2 is 1.77 bits per heavy atom. The maximum absolute atomic E-state index is 12.9. The normalized spacial score (nSPS) is 11.5. The van der Waals surface area contributed by atoms with Crippen molar-refractivity contribution in [1.82, 2.24) is 10.4 Å². The predicted octanol–water partition coefficient (Wildman–Crippen LogP) is 8.14. The minimum Gasteiger partial charge on any atom is -0.486 e. The number of thiazole rings is 1. The second-order valence-electron chi connectivity index (χ2n) is 8.01. The highest BCUT2D eigenvalue weighted by atomic mass is 35.5. The first kappa shape index (κ1) is 28.7. The van der Waals surface area contributed by atoms with Crippen LogP contribution in [0.1, 0.15) is 22.4 Å². The van der Waals surface area contributed by atoms with Gasteiger partial charge in [0, 0.05) is 21.7 Å². The number of aromatic nitrogens is 1. The molecule has 0 aliphatic heterocycles. The van der Waals surface area contributed by atoms with Crippen molar-refractivity contribution in [2.24, 2.45) is 5.10 Å². The average molecular weight is 614 g/mol. The number of hydrogen-bond acceptors (Lipinski definition) is 6. The molecular formula is C26H18Cl3F3N4O2S. The summed E-state index contributed by atoms with van der Waals surface area (Å²) in [7, 11) is 0. The molecule has 0 radical (unpaired) electrons. The molecule has 39 heavy (non-hydrogen) atoms. The predicted molar refractivity (Wildman–Crippen MR) is 149 cm³/mol. The van der Waals surface area contributed by atoms with Gasteiger partial charge in [0.25, 0.3) is 0 Å². The van der Waals surface area contributed by atoms with Gasteiger partial charge in [0.15, 0.2) is 10.9 Å². The van der Waals surface area contributed by atoms with Gasteiger partial charge in [-0.15, -0.1) is 11.3 Å². The molecule has 0 atom stereocenters. The number of anilines is 2. The molecule has 1 amide bonds. The van der Waals surface area contributed by atoms with Crippen molar-refractivity contribution in [3.63, 3.8) is 0 Å². The molecule has 0 bridgehead atoms. The molecule has 1 heterocycles. The number of halogens is 6. The van der Waals surface area contributed by atoms with Gasteiger partial charge in [0.2, 0.25) is 5.91 Å². The number of carbonyl (C=O) groups excluding carboxylic acids is 1. The number of rotatable bonds is 9. The van der Waals surface area contributed by atoms with E-state index in [0.29, 0.717) is 21.4 Å². The molecule has 0 fully saturated rings. The Labute approximate surface area is 240 Å². The fraction of sp³-hybridized carbons (Fsp3) is 0.115. The van der Waals surface area contributed by atoms with Crippen molar-refractivity contribution < 1.29 is 22.7 Å². The number of carbonyl (C=O) groups is 1. The Hall–Kier alpha value is -3.31. The zero-order valence-corrected chi connectivity index (χ0v) is 22.8. The van der Waals surface area contributed by atoms with Crippen LogP contribution in [0, 0.1) is 0 Å². The quantitative estimate of drug-likeness (QED) is 0.148. The van der Waals surface area contributed by atoms with Crippen LogP contribution in [0.4, 0.5) is 24.0 Å². The van der Waals surface area contributed by atoms with Crippen LogP contribution in [0.5, 0.6) is 5.75 Å². The van der Waals surface area contributed by atoms with E-state index >= 15 is 0 Å². The molecule has 0 saturated carbocycles. The van der Waals surface area contributed by atoms with Crippen molar-refractivity contribution >= 4 is 69.1 Å². The Balaban J connectivity index is 1.30. The van der Waals surface area contributed by atoms with E-state index in [9.17, 15) is 18.0 Å². The summed E-state index contributed by atoms with van der Waals surface area (Å²) in [5.41, 5.74) is 3.57. The maximum Gasteiger partial charge on any atom is 0.416 e. The van der Waals surface area contributed by atoms with Crippen LogP contribution in [0.25, 0.3) is 0 Å². The zero-order chi connectivity index (χ0) is 28.0. The van der Waals surface area contributed by atoms with Crippen LogP contribution in [0.15, 0.2) is 71.1 Å². The molecule has 1 aromatic heterocycles. The van der Waals surface area contributed by atoms with Gasteiger partial charge in [-0.05, 0) is 42.0 Å². The summed E-state index contributed by atoms with van der Waals surface area (Å²) in [5, 5.41) is 9.78. The van der Waals surface area contributed by atoms with Crippen LogP contribution in [-0.2, 0) is 24.0 Å². The lowest BCUT2D eigenvalue weighted by Crippen LogP contribution is -2.19. The Morgan fingerprint density at radius 3 is 2.49 bits per heavy atom. The van der Waals surface area contributed by atoms with Gasteiger partial charge in [0.05, 0.1) is 33.9 Å². The summed E-state index contributed by atoms with van der Waals surface area (Å²) in [6.07, 6.45) is -3.17. The molecule has 0 saturated heterocycles. The highest BCUT2D eigenvalue weighted by Gasteiger charge is 2.30. The molecule has 0 unspecified atom stereocenters. The lowest BCUT2D eigenvalue weighted by atomic mass is 10.2. The van der Waals surface area contributed by atoms with E-state index in [-0.39, 0.29) is 34.5 Å². The van der Waals surface area contributed by atoms with E-state index in [1.165, 1.54) is 18.3 Å². The number of amides is 1. The standard InChI is InChI=1S/C26H18Cl3F3N4O2S/c27-20-7-2-1-4-16(20)13-38-24-21(28)8-15(9-22(24)29)12-33-36-23(37)11-19-14-39-25(35-19)34-18-6-3-5-17(10-18)26(30,31)32/h1-10,12,14H,11,13H2,(H,34,35)(H,36,37)/b33-12-. The van der Waals surface area contributed by atoms with E-state index in [4.69, 9.17) is 39.5 Å². The number of nitrogens with one attached hydrogen (secondary N) is 2. The maximum atomic E-state index is 12.9. The average Bonchev–Trinajstić information content (AvgIpc) is 3.30. The van der Waals surface area contributed by atoms with Crippen LogP contribution < -0.4 is 15.5 Å². The largest absolute Gasteiger partial charge is 0.486 e. The Bertz CT molecular complexity index is 1490. The van der Waals surface area contributed by atoms with Gasteiger partial charge in [-0.3, -0.25) is 4.79 Å². The molecule has 0 aliphatic rings. The number of ether oxygens (including phenoxy) is 1. The summed E-state index contributed by atoms with van der Waals surface area (Å²) < 4.78 is 44.4. The summed E-state index contributed by atoms with van der Waals surface area (Å²) in [5.74, 6) is -0.156. The number of nitrogens with zero attached hydrogens (tertiary/aromatic N) is 2. The second kappa shape index (κ2) is 12.7. The minimum absolute atomic E-state index is 0.0888. The smallest absolute Gasteiger partial charge is 0.416 e. The van der Waals surface area contributed by atoms with Crippen LogP contribution >= 0.6 is 46.1 Å². The number of hydrogen-bond donors (Lipinski definition) is 2. The third-order valence-electron chi connectivity index (χ3n) is 5.09. The molecule has 202 valence electrons. The summed E-state index contributed by atoms with van der Waals surface area (Å²) in [6.45, 7) is 0.177. The second-order valence-corrected chi connectivity index (χ2v) is 10.1. The van der Waals surface area contributed by atoms with E-state index in [2.05, 4.69) is 20.8 Å². The molecule has 4 aromatic rings. The monoisotopic (exact) mass is 612 g/mol. The first-order valence-electron chi connectivity index (χ1n) is 11.1. The van der Waals surface area contributed by atoms with E-state index in [1.807, 2.05) is 18.2 Å². The molecule has 13 heteroatoms. The third-order valence-corrected chi connectivity index (χ3v) is 6.82. The number of alkyl halides is 3. The summed E-state index contributed by atoms with van der Waals surface area (Å²) in [6, 6.07) is 15.2. The lowest BCUT2D eigenvalue weighted by molar-refractivity contribution is -0.137. The van der Waals surface area contributed by atoms with Crippen molar-refractivity contribution in [2.75, 3.05) is 5.32 Å². The Kier molecular flexibility index (Phi) is 9.34. The van der Waals surface area contributed by atoms with Gasteiger partial charge in [0.1, 0.15) is 6.61 Å². The van der Waals surface area contributed by atoms with Crippen LogP contribution in [-0.4, -0.2) is 17.1 Å². The van der Waals surface area contributed by atoms with E-state index < -0.39 is 17.6 Å². The van der Waals surface area contributed by atoms with Crippen molar-refractivity contribution in [2.45, 2.75) is 19.2 Å². The molecule has 0 spiro atoms. The molecule has 2 N–H and O–H groups in total. The topological polar surface area (TPSA) is 75.6 Å². The molecule has 6 nitrogen and oxygen atoms in total. The zero-order valence-electron chi connectivity index (χ0n) is 19.7. The lowest BCUT2D eigenvalue weighted by Gasteiger charge is -2.11. The number of benzene rings is 3. The van der Waals surface area contributed by atoms with Gasteiger partial charge in [-0.2, -0.15) is 18.3 Å². The summed E-state index contributed by atoms with van der Waals surface area (Å²) in [4.78, 5) is 16.5. The first-order valence-corrected chi connectivity index (χ1v) is 13.2. The van der Waals surface area contributed by atoms with Gasteiger partial charge >= 0.3 is 6.18 Å². The van der Waals surface area contributed by atoms with E-state index in [0.717, 1.165) is 29.0 Å². The van der Waals surface area contributed by atoms with Crippen LogP contribution in [0.2, 0.25) is 15.1 Å². The third kappa shape index (κ3) is 8.09. The minimum atomic E-state index is -4.45. The highest BCUT2D eigenvalue weighted by Crippen LogP contribution is 2.35. The highest BCUT2D eigenvalue weighted by molar-refractivity contribution is 7.13. The van der Waals surface area contributed by atoms with Crippen molar-refractivity contribution in [3.8, 4) is 5.75 Å².